The van der Waals surface area contributed by atoms with Crippen LogP contribution in [-0.2, 0) is 0 Å². The van der Waals surface area contributed by atoms with Gasteiger partial charge in [-0.2, -0.15) is 0 Å². The average molecular weight is 720 g/mol. The molecule has 0 bridgehead atoms. The number of para-hydroxylation sites is 2. The molecule has 0 N–H and O–H groups in total. The number of aromatic nitrogens is 4. The van der Waals surface area contributed by atoms with Crippen molar-refractivity contribution in [1.82, 2.24) is 19.1 Å². The van der Waals surface area contributed by atoms with E-state index in [4.69, 9.17) is 16.5 Å². The first-order valence-electron chi connectivity index (χ1n) is 19.0. The van der Waals surface area contributed by atoms with Crippen LogP contribution in [0.4, 0.5) is 5.69 Å². The van der Waals surface area contributed by atoms with Crippen molar-refractivity contribution in [3.63, 3.8) is 0 Å². The van der Waals surface area contributed by atoms with Gasteiger partial charge in [0.15, 0.2) is 5.69 Å². The zero-order valence-electron chi connectivity index (χ0n) is 31.7. The summed E-state index contributed by atoms with van der Waals surface area (Å²) in [4.78, 5) is 14.0. The Kier molecular flexibility index (Phi) is 7.69. The van der Waals surface area contributed by atoms with Crippen molar-refractivity contribution in [2.45, 2.75) is 27.7 Å². The molecule has 0 aliphatic heterocycles. The topological polar surface area (TPSA) is 40.0 Å². The molecule has 0 atom stereocenters. The van der Waals surface area contributed by atoms with Crippen LogP contribution in [0.3, 0.4) is 0 Å². The normalized spacial score (nSPS) is 11.6. The second kappa shape index (κ2) is 12.9. The summed E-state index contributed by atoms with van der Waals surface area (Å²) < 4.78 is 4.74. The van der Waals surface area contributed by atoms with Gasteiger partial charge < -0.3 is 9.13 Å². The summed E-state index contributed by atoms with van der Waals surface area (Å²) >= 11 is 0. The molecule has 56 heavy (non-hydrogen) atoms. The highest BCUT2D eigenvalue weighted by atomic mass is 15.1. The van der Waals surface area contributed by atoms with Gasteiger partial charge in [-0.15, -0.1) is 0 Å². The Labute approximate surface area is 325 Å². The molecule has 0 unspecified atom stereocenters. The van der Waals surface area contributed by atoms with Crippen LogP contribution in [0, 0.1) is 34.3 Å². The fraction of sp³-hybridized carbons (Fsp3) is 0.0784. The van der Waals surface area contributed by atoms with Crippen LogP contribution < -0.4 is 0 Å². The number of benzene rings is 7. The summed E-state index contributed by atoms with van der Waals surface area (Å²) in [5.41, 5.74) is 16.2. The van der Waals surface area contributed by atoms with Gasteiger partial charge in [0.25, 0.3) is 0 Å². The van der Waals surface area contributed by atoms with E-state index in [1.807, 2.05) is 19.9 Å². The fourth-order valence-electron chi connectivity index (χ4n) is 8.63. The van der Waals surface area contributed by atoms with Gasteiger partial charge in [0.2, 0.25) is 0 Å². The highest BCUT2D eigenvalue weighted by molar-refractivity contribution is 6.13. The number of aryl methyl sites for hydroxylation is 4. The molecular weight excluding hydrogens is 683 g/mol. The number of hydrogen-bond acceptors (Lipinski definition) is 2. The van der Waals surface area contributed by atoms with Crippen LogP contribution in [0.1, 0.15) is 22.5 Å². The third-order valence-corrected chi connectivity index (χ3v) is 11.2. The van der Waals surface area contributed by atoms with Crippen LogP contribution in [0.2, 0.25) is 0 Å². The highest BCUT2D eigenvalue weighted by Crippen LogP contribution is 2.44. The Balaban J connectivity index is 1.38. The predicted molar refractivity (Wildman–Crippen MR) is 232 cm³/mol. The molecule has 10 rings (SSSR count). The van der Waals surface area contributed by atoms with E-state index in [1.165, 1.54) is 22.3 Å². The summed E-state index contributed by atoms with van der Waals surface area (Å²) in [5, 5.41) is 4.62. The van der Waals surface area contributed by atoms with Gasteiger partial charge in [-0.3, -0.25) is 0 Å². The minimum atomic E-state index is 0.496. The zero-order chi connectivity index (χ0) is 38.1. The minimum Gasteiger partial charge on any atom is -0.308 e. The van der Waals surface area contributed by atoms with E-state index in [2.05, 4.69) is 173 Å². The summed E-state index contributed by atoms with van der Waals surface area (Å²) in [7, 11) is 0. The fourth-order valence-corrected chi connectivity index (χ4v) is 8.63. The molecule has 7 aromatic carbocycles. The molecule has 0 saturated carbocycles. The number of fused-ring (bicyclic) bond motifs is 6. The molecule has 5 heteroatoms. The largest absolute Gasteiger partial charge is 0.308 e. The zero-order valence-corrected chi connectivity index (χ0v) is 31.7. The van der Waals surface area contributed by atoms with E-state index in [0.717, 1.165) is 77.5 Å². The molecule has 0 saturated heterocycles. The Morgan fingerprint density at radius 1 is 0.429 bits per heavy atom. The van der Waals surface area contributed by atoms with E-state index in [9.17, 15) is 0 Å². The standard InChI is InChI=1S/C51H37N5/c1-31-14-6-8-16-37(31)35-22-24-41-39-18-10-12-20-45(39)55(47(41)27-35)49-29-43(51-53-33(3)26-34(4)54-51)44(52-5)30-50(49)56-46-21-13-11-19-40(46)42-25-23-36(28-48(42)56)38-17-9-7-15-32(38)2/h6-30H,1-4H3. The average Bonchev–Trinajstić information content (AvgIpc) is 3.72. The highest BCUT2D eigenvalue weighted by Gasteiger charge is 2.24. The lowest BCUT2D eigenvalue weighted by molar-refractivity contribution is 1.06. The first-order chi connectivity index (χ1) is 27.4. The number of hydrogen-bond donors (Lipinski definition) is 0. The maximum absolute atomic E-state index is 8.56. The van der Waals surface area contributed by atoms with E-state index in [-0.39, 0.29) is 0 Å². The van der Waals surface area contributed by atoms with Gasteiger partial charge in [-0.25, -0.2) is 14.8 Å². The summed E-state index contributed by atoms with van der Waals surface area (Å²) in [6.45, 7) is 16.9. The lowest BCUT2D eigenvalue weighted by atomic mass is 9.99. The Morgan fingerprint density at radius 3 is 1.38 bits per heavy atom. The van der Waals surface area contributed by atoms with Crippen molar-refractivity contribution >= 4 is 49.3 Å². The van der Waals surface area contributed by atoms with E-state index in [0.29, 0.717) is 17.1 Å². The molecule has 10 aromatic rings. The van der Waals surface area contributed by atoms with Crippen molar-refractivity contribution in [3.8, 4) is 45.0 Å². The second-order valence-electron chi connectivity index (χ2n) is 14.7. The lowest BCUT2D eigenvalue weighted by Gasteiger charge is -2.20. The van der Waals surface area contributed by atoms with Gasteiger partial charge in [0.1, 0.15) is 5.82 Å². The van der Waals surface area contributed by atoms with Crippen molar-refractivity contribution in [3.05, 3.63) is 186 Å². The van der Waals surface area contributed by atoms with Crippen LogP contribution in [0.15, 0.2) is 152 Å². The Hall–Kier alpha value is -7.29. The van der Waals surface area contributed by atoms with Gasteiger partial charge in [0, 0.05) is 38.5 Å². The van der Waals surface area contributed by atoms with E-state index < -0.39 is 0 Å². The molecule has 0 amide bonds. The third kappa shape index (κ3) is 5.22. The maximum Gasteiger partial charge on any atom is 0.200 e. The molecule has 0 aliphatic carbocycles. The molecule has 0 radical (unpaired) electrons. The number of rotatable bonds is 5. The monoisotopic (exact) mass is 719 g/mol. The van der Waals surface area contributed by atoms with Gasteiger partial charge in [-0.05, 0) is 104 Å². The molecule has 3 heterocycles. The van der Waals surface area contributed by atoms with Crippen LogP contribution >= 0.6 is 0 Å². The second-order valence-corrected chi connectivity index (χ2v) is 14.7. The van der Waals surface area contributed by atoms with Crippen LogP contribution in [0.25, 0.3) is 93.5 Å². The molecule has 5 nitrogen and oxygen atoms in total. The third-order valence-electron chi connectivity index (χ3n) is 11.2. The first kappa shape index (κ1) is 33.3. The smallest absolute Gasteiger partial charge is 0.200 e. The van der Waals surface area contributed by atoms with E-state index >= 15 is 0 Å². The predicted octanol–water partition coefficient (Wildman–Crippen LogP) is 13.5. The first-order valence-corrected chi connectivity index (χ1v) is 19.0. The van der Waals surface area contributed by atoms with Gasteiger partial charge >= 0.3 is 0 Å². The number of nitrogens with zero attached hydrogens (tertiary/aromatic N) is 5. The lowest BCUT2D eigenvalue weighted by Crippen LogP contribution is -2.05. The Morgan fingerprint density at radius 2 is 0.875 bits per heavy atom. The van der Waals surface area contributed by atoms with Crippen LogP contribution in [-0.4, -0.2) is 19.1 Å². The molecule has 266 valence electrons. The van der Waals surface area contributed by atoms with Crippen molar-refractivity contribution < 1.29 is 0 Å². The molecule has 0 aliphatic rings. The van der Waals surface area contributed by atoms with Crippen LogP contribution in [0.5, 0.6) is 0 Å². The van der Waals surface area contributed by atoms with Crippen molar-refractivity contribution in [2.75, 3.05) is 0 Å². The minimum absolute atomic E-state index is 0.496. The summed E-state index contributed by atoms with van der Waals surface area (Å²) in [6, 6.07) is 54.1. The Bertz CT molecular complexity index is 3240. The van der Waals surface area contributed by atoms with Gasteiger partial charge in [-0.1, -0.05) is 109 Å². The SMILES string of the molecule is [C-]#[N+]c1cc(-n2c3ccccc3c3ccc(-c4ccccc4C)cc32)c(-n2c3ccccc3c3ccc(-c4ccccc4C)cc32)cc1-c1nc(C)cc(C)n1. The summed E-state index contributed by atoms with van der Waals surface area (Å²) in [6.07, 6.45) is 0. The molecule has 3 aromatic heterocycles. The quantitative estimate of drug-likeness (QED) is 0.166. The molecule has 0 spiro atoms. The summed E-state index contributed by atoms with van der Waals surface area (Å²) in [5.74, 6) is 0.548. The van der Waals surface area contributed by atoms with Crippen molar-refractivity contribution in [1.29, 1.82) is 0 Å². The molecule has 0 fully saturated rings. The maximum atomic E-state index is 8.56. The van der Waals surface area contributed by atoms with Gasteiger partial charge in [0.05, 0.1) is 40.0 Å². The molecular formula is C51H37N5. The van der Waals surface area contributed by atoms with E-state index in [1.54, 1.807) is 0 Å². The van der Waals surface area contributed by atoms with Crippen molar-refractivity contribution in [2.24, 2.45) is 0 Å².